The summed E-state index contributed by atoms with van der Waals surface area (Å²) in [7, 11) is 1.51. The second-order valence-corrected chi connectivity index (χ2v) is 4.64. The fraction of sp³-hybridized carbons (Fsp3) is 0.0588. The number of aromatic hydroxyl groups is 1. The number of methoxy groups -OCH3 is 1. The molecule has 0 aliphatic rings. The van der Waals surface area contributed by atoms with Crippen molar-refractivity contribution in [2.24, 2.45) is 0 Å². The molecule has 1 N–H and O–H groups in total. The summed E-state index contributed by atoms with van der Waals surface area (Å²) < 4.78 is 19.2. The van der Waals surface area contributed by atoms with Gasteiger partial charge in [0.25, 0.3) is 0 Å². The molecule has 22 heavy (non-hydrogen) atoms. The Morgan fingerprint density at radius 3 is 2.64 bits per heavy atom. The molecule has 3 rings (SSSR count). The lowest BCUT2D eigenvalue weighted by molar-refractivity contribution is 0.412. The molecular weight excluding hydrogens is 283 g/mol. The number of ether oxygens (including phenoxy) is 1. The van der Waals surface area contributed by atoms with Gasteiger partial charge in [0.1, 0.15) is 17.3 Å². The zero-order chi connectivity index (χ0) is 15.5. The van der Waals surface area contributed by atoms with E-state index in [0.29, 0.717) is 22.6 Å². The van der Waals surface area contributed by atoms with Crippen molar-refractivity contribution in [3.63, 3.8) is 0 Å². The van der Waals surface area contributed by atoms with Gasteiger partial charge in [0.15, 0.2) is 11.6 Å². The first-order chi connectivity index (χ1) is 10.7. The van der Waals surface area contributed by atoms with Crippen LogP contribution in [0.5, 0.6) is 11.5 Å². The fourth-order valence-corrected chi connectivity index (χ4v) is 2.15. The standard InChI is InChI=1S/C17H13FN2O2/c1-22-15-10-19-17(13-7-2-3-8-14(13)18)20-16(15)11-5-4-6-12(21)9-11/h2-10,21H,1H3. The predicted molar refractivity (Wildman–Crippen MR) is 81.1 cm³/mol. The molecule has 0 spiro atoms. The van der Waals surface area contributed by atoms with Crippen LogP contribution in [0.2, 0.25) is 0 Å². The smallest absolute Gasteiger partial charge is 0.163 e. The van der Waals surface area contributed by atoms with E-state index >= 15 is 0 Å². The Labute approximate surface area is 126 Å². The number of rotatable bonds is 3. The van der Waals surface area contributed by atoms with E-state index in [1.54, 1.807) is 42.5 Å². The van der Waals surface area contributed by atoms with Crippen LogP contribution in [0.4, 0.5) is 4.39 Å². The van der Waals surface area contributed by atoms with Gasteiger partial charge in [-0.3, -0.25) is 0 Å². The highest BCUT2D eigenvalue weighted by Gasteiger charge is 2.14. The van der Waals surface area contributed by atoms with Crippen molar-refractivity contribution in [1.29, 1.82) is 0 Å². The van der Waals surface area contributed by atoms with Crippen LogP contribution in [0, 0.1) is 5.82 Å². The lowest BCUT2D eigenvalue weighted by atomic mass is 10.1. The molecule has 4 nitrogen and oxygen atoms in total. The molecule has 1 heterocycles. The van der Waals surface area contributed by atoms with Crippen LogP contribution in [0.1, 0.15) is 0 Å². The Hall–Kier alpha value is -2.95. The van der Waals surface area contributed by atoms with E-state index in [4.69, 9.17) is 4.74 Å². The molecule has 1 aromatic heterocycles. The number of hydrogen-bond donors (Lipinski definition) is 1. The van der Waals surface area contributed by atoms with Gasteiger partial charge in [-0.05, 0) is 24.3 Å². The van der Waals surface area contributed by atoms with E-state index in [9.17, 15) is 9.50 Å². The van der Waals surface area contributed by atoms with Gasteiger partial charge in [0.2, 0.25) is 0 Å². The van der Waals surface area contributed by atoms with Crippen molar-refractivity contribution in [2.45, 2.75) is 0 Å². The lowest BCUT2D eigenvalue weighted by Gasteiger charge is -2.10. The minimum atomic E-state index is -0.394. The summed E-state index contributed by atoms with van der Waals surface area (Å²) in [6.07, 6.45) is 1.49. The molecule has 0 aliphatic heterocycles. The average molecular weight is 296 g/mol. The molecule has 5 heteroatoms. The molecule has 2 aromatic carbocycles. The normalized spacial score (nSPS) is 10.5. The number of nitrogens with zero attached hydrogens (tertiary/aromatic N) is 2. The van der Waals surface area contributed by atoms with Gasteiger partial charge in [-0.25, -0.2) is 14.4 Å². The molecule has 110 valence electrons. The zero-order valence-corrected chi connectivity index (χ0v) is 11.8. The third-order valence-electron chi connectivity index (χ3n) is 3.21. The Kier molecular flexibility index (Phi) is 3.70. The van der Waals surface area contributed by atoms with E-state index in [1.165, 1.54) is 19.4 Å². The number of benzene rings is 2. The van der Waals surface area contributed by atoms with E-state index in [1.807, 2.05) is 0 Å². The zero-order valence-electron chi connectivity index (χ0n) is 11.8. The number of phenols is 1. The molecule has 3 aromatic rings. The van der Waals surface area contributed by atoms with Gasteiger partial charge in [-0.2, -0.15) is 0 Å². The molecule has 0 unspecified atom stereocenters. The van der Waals surface area contributed by atoms with Crippen LogP contribution in [0.25, 0.3) is 22.6 Å². The highest BCUT2D eigenvalue weighted by molar-refractivity contribution is 5.70. The molecular formula is C17H13FN2O2. The van der Waals surface area contributed by atoms with E-state index in [-0.39, 0.29) is 11.6 Å². The molecule has 0 saturated carbocycles. The second-order valence-electron chi connectivity index (χ2n) is 4.64. The van der Waals surface area contributed by atoms with Crippen LogP contribution in [0.15, 0.2) is 54.7 Å². The lowest BCUT2D eigenvalue weighted by Crippen LogP contribution is -1.98. The van der Waals surface area contributed by atoms with Gasteiger partial charge in [0, 0.05) is 5.56 Å². The highest BCUT2D eigenvalue weighted by Crippen LogP contribution is 2.31. The molecule has 0 bridgehead atoms. The first-order valence-electron chi connectivity index (χ1n) is 6.64. The molecule has 0 saturated heterocycles. The van der Waals surface area contributed by atoms with Crippen molar-refractivity contribution in [2.75, 3.05) is 7.11 Å². The molecule has 0 radical (unpaired) electrons. The van der Waals surface area contributed by atoms with Crippen molar-refractivity contribution in [3.8, 4) is 34.1 Å². The number of halogens is 1. The largest absolute Gasteiger partial charge is 0.508 e. The topological polar surface area (TPSA) is 55.2 Å². The van der Waals surface area contributed by atoms with Gasteiger partial charge < -0.3 is 9.84 Å². The summed E-state index contributed by atoms with van der Waals surface area (Å²) in [5.74, 6) is 0.433. The number of phenolic OH excluding ortho intramolecular Hbond substituents is 1. The van der Waals surface area contributed by atoms with Crippen LogP contribution in [-0.4, -0.2) is 22.2 Å². The second kappa shape index (κ2) is 5.81. The van der Waals surface area contributed by atoms with Crippen molar-refractivity contribution in [3.05, 3.63) is 60.5 Å². The highest BCUT2D eigenvalue weighted by atomic mass is 19.1. The van der Waals surface area contributed by atoms with E-state index < -0.39 is 5.82 Å². The first kappa shape index (κ1) is 14.0. The van der Waals surface area contributed by atoms with Gasteiger partial charge in [0.05, 0.1) is 18.9 Å². The maximum absolute atomic E-state index is 13.9. The van der Waals surface area contributed by atoms with Crippen molar-refractivity contribution in [1.82, 2.24) is 9.97 Å². The molecule has 0 fully saturated rings. The minimum Gasteiger partial charge on any atom is -0.508 e. The maximum Gasteiger partial charge on any atom is 0.163 e. The number of aromatic nitrogens is 2. The van der Waals surface area contributed by atoms with Gasteiger partial charge >= 0.3 is 0 Å². The van der Waals surface area contributed by atoms with Crippen LogP contribution in [0.3, 0.4) is 0 Å². The van der Waals surface area contributed by atoms with Gasteiger partial charge in [-0.1, -0.05) is 24.3 Å². The summed E-state index contributed by atoms with van der Waals surface area (Å²) in [6.45, 7) is 0. The van der Waals surface area contributed by atoms with Gasteiger partial charge in [-0.15, -0.1) is 0 Å². The molecule has 0 atom stereocenters. The molecule has 0 amide bonds. The molecule has 0 aliphatic carbocycles. The summed E-state index contributed by atoms with van der Waals surface area (Å²) >= 11 is 0. The summed E-state index contributed by atoms with van der Waals surface area (Å²) in [6, 6.07) is 12.9. The number of hydrogen-bond acceptors (Lipinski definition) is 4. The van der Waals surface area contributed by atoms with Crippen molar-refractivity contribution >= 4 is 0 Å². The quantitative estimate of drug-likeness (QED) is 0.801. The predicted octanol–water partition coefficient (Wildman–Crippen LogP) is 3.66. The van der Waals surface area contributed by atoms with E-state index in [2.05, 4.69) is 9.97 Å². The Bertz CT molecular complexity index is 821. The first-order valence-corrected chi connectivity index (χ1v) is 6.64. The fourth-order valence-electron chi connectivity index (χ4n) is 2.15. The summed E-state index contributed by atoms with van der Waals surface area (Å²) in [4.78, 5) is 8.55. The Morgan fingerprint density at radius 2 is 1.91 bits per heavy atom. The van der Waals surface area contributed by atoms with Crippen LogP contribution < -0.4 is 4.74 Å². The summed E-state index contributed by atoms with van der Waals surface area (Å²) in [5, 5.41) is 9.62. The SMILES string of the molecule is COc1cnc(-c2ccccc2F)nc1-c1cccc(O)c1. The third-order valence-corrected chi connectivity index (χ3v) is 3.21. The monoisotopic (exact) mass is 296 g/mol. The average Bonchev–Trinajstić information content (AvgIpc) is 2.55. The van der Waals surface area contributed by atoms with E-state index in [0.717, 1.165) is 0 Å². The van der Waals surface area contributed by atoms with Crippen LogP contribution >= 0.6 is 0 Å². The van der Waals surface area contributed by atoms with Crippen LogP contribution in [-0.2, 0) is 0 Å². The Morgan fingerprint density at radius 1 is 1.09 bits per heavy atom. The maximum atomic E-state index is 13.9. The Balaban J connectivity index is 2.17. The third kappa shape index (κ3) is 2.61. The summed E-state index contributed by atoms with van der Waals surface area (Å²) in [5.41, 5.74) is 1.47. The minimum absolute atomic E-state index is 0.116. The van der Waals surface area contributed by atoms with Crippen molar-refractivity contribution < 1.29 is 14.2 Å².